The van der Waals surface area contributed by atoms with Crippen LogP contribution in [0, 0.1) is 6.92 Å². The highest BCUT2D eigenvalue weighted by molar-refractivity contribution is 5.96. The molecule has 0 spiro atoms. The van der Waals surface area contributed by atoms with Gasteiger partial charge in [0.2, 0.25) is 0 Å². The Balaban J connectivity index is 1.53. The first-order valence-corrected chi connectivity index (χ1v) is 9.81. The Morgan fingerprint density at radius 3 is 2.33 bits per heavy atom. The van der Waals surface area contributed by atoms with E-state index in [9.17, 15) is 9.59 Å². The summed E-state index contributed by atoms with van der Waals surface area (Å²) in [6.45, 7) is 6.20. The zero-order valence-corrected chi connectivity index (χ0v) is 16.9. The van der Waals surface area contributed by atoms with Gasteiger partial charge in [0, 0.05) is 11.5 Å². The Morgan fingerprint density at radius 2 is 1.60 bits per heavy atom. The van der Waals surface area contributed by atoms with E-state index in [1.54, 1.807) is 24.3 Å². The summed E-state index contributed by atoms with van der Waals surface area (Å²) in [7, 11) is 0. The fourth-order valence-corrected chi connectivity index (χ4v) is 2.98. The van der Waals surface area contributed by atoms with Gasteiger partial charge in [0.25, 0.3) is 0 Å². The lowest BCUT2D eigenvalue weighted by Gasteiger charge is -2.10. The molecule has 154 valence electrons. The molecular weight excluding hydrogens is 380 g/mol. The summed E-state index contributed by atoms with van der Waals surface area (Å²) in [4.78, 5) is 23.5. The smallest absolute Gasteiger partial charge is 0.343 e. The number of aryl methyl sites for hydroxylation is 1. The maximum atomic E-state index is 12.6. The summed E-state index contributed by atoms with van der Waals surface area (Å²) in [5.41, 5.74) is 1.58. The van der Waals surface area contributed by atoms with E-state index in [0.29, 0.717) is 36.7 Å². The molecule has 3 aromatic rings. The van der Waals surface area contributed by atoms with Gasteiger partial charge in [0.1, 0.15) is 11.5 Å². The van der Waals surface area contributed by atoms with E-state index in [1.807, 2.05) is 43.3 Å². The largest absolute Gasteiger partial charge is 0.494 e. The van der Waals surface area contributed by atoms with Crippen molar-refractivity contribution in [2.24, 2.45) is 0 Å². The van der Waals surface area contributed by atoms with Crippen LogP contribution in [0.1, 0.15) is 28.8 Å². The molecule has 30 heavy (non-hydrogen) atoms. The van der Waals surface area contributed by atoms with Crippen molar-refractivity contribution in [2.45, 2.75) is 19.8 Å². The second-order valence-corrected chi connectivity index (χ2v) is 6.77. The minimum Gasteiger partial charge on any atom is -0.494 e. The van der Waals surface area contributed by atoms with Crippen LogP contribution in [0.25, 0.3) is 10.8 Å². The maximum absolute atomic E-state index is 12.6. The van der Waals surface area contributed by atoms with Crippen molar-refractivity contribution in [1.29, 1.82) is 0 Å². The molecule has 0 aliphatic rings. The van der Waals surface area contributed by atoms with E-state index in [4.69, 9.17) is 14.2 Å². The monoisotopic (exact) mass is 404 g/mol. The van der Waals surface area contributed by atoms with Crippen molar-refractivity contribution in [3.8, 4) is 11.5 Å². The van der Waals surface area contributed by atoms with Gasteiger partial charge in [0.05, 0.1) is 18.8 Å². The molecule has 0 saturated carbocycles. The molecule has 0 amide bonds. The van der Waals surface area contributed by atoms with Gasteiger partial charge < -0.3 is 14.2 Å². The number of esters is 2. The standard InChI is InChI=1S/C25H24O5/c1-3-24(26)29-17-7-6-16-28-20-13-11-19(12-14-20)25(27)30-23-15-10-18(2)21-8-4-5-9-22(21)23/h3-5,8-15H,1,6-7,16-17H2,2H3. The van der Waals surface area contributed by atoms with E-state index in [-0.39, 0.29) is 0 Å². The van der Waals surface area contributed by atoms with Crippen molar-refractivity contribution in [1.82, 2.24) is 0 Å². The Labute approximate surface area is 175 Å². The molecule has 0 N–H and O–H groups in total. The first kappa shape index (κ1) is 21.1. The fourth-order valence-electron chi connectivity index (χ4n) is 2.98. The van der Waals surface area contributed by atoms with E-state index in [2.05, 4.69) is 6.58 Å². The fraction of sp³-hybridized carbons (Fsp3) is 0.200. The van der Waals surface area contributed by atoms with Crippen LogP contribution < -0.4 is 9.47 Å². The quantitative estimate of drug-likeness (QED) is 0.211. The lowest BCUT2D eigenvalue weighted by Crippen LogP contribution is -2.09. The Morgan fingerprint density at radius 1 is 0.900 bits per heavy atom. The van der Waals surface area contributed by atoms with Gasteiger partial charge in [0.15, 0.2) is 0 Å². The van der Waals surface area contributed by atoms with Crippen molar-refractivity contribution in [3.05, 3.63) is 84.4 Å². The second-order valence-electron chi connectivity index (χ2n) is 6.77. The van der Waals surface area contributed by atoms with Crippen LogP contribution in [0.2, 0.25) is 0 Å². The van der Waals surface area contributed by atoms with Crippen LogP contribution in [-0.2, 0) is 9.53 Å². The molecule has 0 bridgehead atoms. The van der Waals surface area contributed by atoms with Gasteiger partial charge >= 0.3 is 11.9 Å². The Bertz CT molecular complexity index is 1040. The SMILES string of the molecule is C=CC(=O)OCCCCOc1ccc(C(=O)Oc2ccc(C)c3ccccc23)cc1. The minimum absolute atomic E-state index is 0.340. The number of carbonyl (C=O) groups is 2. The average Bonchev–Trinajstić information content (AvgIpc) is 2.78. The van der Waals surface area contributed by atoms with Gasteiger partial charge in [-0.1, -0.05) is 36.9 Å². The van der Waals surface area contributed by atoms with Crippen LogP contribution in [-0.4, -0.2) is 25.2 Å². The molecule has 0 aliphatic heterocycles. The Kier molecular flexibility index (Phi) is 7.22. The molecule has 5 heteroatoms. The van der Waals surface area contributed by atoms with Crippen LogP contribution in [0.5, 0.6) is 11.5 Å². The number of unbranched alkanes of at least 4 members (excludes halogenated alkanes) is 1. The Hall–Kier alpha value is -3.60. The van der Waals surface area contributed by atoms with Crippen LogP contribution in [0.3, 0.4) is 0 Å². The summed E-state index contributed by atoms with van der Waals surface area (Å²) in [5.74, 6) is 0.366. The van der Waals surface area contributed by atoms with Crippen molar-refractivity contribution < 1.29 is 23.8 Å². The molecule has 0 saturated heterocycles. The van der Waals surface area contributed by atoms with E-state index in [1.165, 1.54) is 0 Å². The summed E-state index contributed by atoms with van der Waals surface area (Å²) in [6.07, 6.45) is 2.59. The molecule has 3 aromatic carbocycles. The molecular formula is C25H24O5. The summed E-state index contributed by atoms with van der Waals surface area (Å²) < 4.78 is 16.2. The first-order valence-electron chi connectivity index (χ1n) is 9.81. The lowest BCUT2D eigenvalue weighted by molar-refractivity contribution is -0.137. The highest BCUT2D eigenvalue weighted by Crippen LogP contribution is 2.29. The van der Waals surface area contributed by atoms with Crippen LogP contribution >= 0.6 is 0 Å². The van der Waals surface area contributed by atoms with Gasteiger partial charge in [-0.15, -0.1) is 0 Å². The van der Waals surface area contributed by atoms with Gasteiger partial charge in [-0.3, -0.25) is 0 Å². The zero-order valence-electron chi connectivity index (χ0n) is 16.9. The minimum atomic E-state index is -0.419. The summed E-state index contributed by atoms with van der Waals surface area (Å²) >= 11 is 0. The predicted molar refractivity (Wildman–Crippen MR) is 116 cm³/mol. The third-order valence-electron chi connectivity index (χ3n) is 4.61. The molecule has 0 aromatic heterocycles. The third-order valence-corrected chi connectivity index (χ3v) is 4.61. The number of carbonyl (C=O) groups excluding carboxylic acids is 2. The summed E-state index contributed by atoms with van der Waals surface area (Å²) in [6, 6.07) is 18.4. The molecule has 0 aliphatic carbocycles. The van der Waals surface area contributed by atoms with E-state index < -0.39 is 11.9 Å². The molecule has 0 heterocycles. The van der Waals surface area contributed by atoms with Crippen molar-refractivity contribution in [3.63, 3.8) is 0 Å². The predicted octanol–water partition coefficient (Wildman–Crippen LogP) is 5.26. The van der Waals surface area contributed by atoms with Gasteiger partial charge in [-0.25, -0.2) is 9.59 Å². The number of benzene rings is 3. The van der Waals surface area contributed by atoms with E-state index >= 15 is 0 Å². The molecule has 3 rings (SSSR count). The van der Waals surface area contributed by atoms with Crippen molar-refractivity contribution >= 4 is 22.7 Å². The molecule has 0 atom stereocenters. The molecule has 0 fully saturated rings. The van der Waals surface area contributed by atoms with Crippen LogP contribution in [0.15, 0.2) is 73.3 Å². The highest BCUT2D eigenvalue weighted by Gasteiger charge is 2.12. The zero-order chi connectivity index (χ0) is 21.3. The number of ether oxygens (including phenoxy) is 3. The third kappa shape index (κ3) is 5.47. The molecule has 0 radical (unpaired) electrons. The average molecular weight is 404 g/mol. The normalized spacial score (nSPS) is 10.4. The van der Waals surface area contributed by atoms with Gasteiger partial charge in [-0.2, -0.15) is 0 Å². The maximum Gasteiger partial charge on any atom is 0.343 e. The first-order chi connectivity index (χ1) is 14.6. The topological polar surface area (TPSA) is 61.8 Å². The van der Waals surface area contributed by atoms with E-state index in [0.717, 1.165) is 28.8 Å². The second kappa shape index (κ2) is 10.3. The number of fused-ring (bicyclic) bond motifs is 1. The highest BCUT2D eigenvalue weighted by atomic mass is 16.5. The van der Waals surface area contributed by atoms with Crippen molar-refractivity contribution in [2.75, 3.05) is 13.2 Å². The molecule has 0 unspecified atom stereocenters. The van der Waals surface area contributed by atoms with Gasteiger partial charge in [-0.05, 0) is 61.0 Å². The number of hydrogen-bond acceptors (Lipinski definition) is 5. The number of hydrogen-bond donors (Lipinski definition) is 0. The lowest BCUT2D eigenvalue weighted by atomic mass is 10.0. The summed E-state index contributed by atoms with van der Waals surface area (Å²) in [5, 5.41) is 1.97. The van der Waals surface area contributed by atoms with Crippen LogP contribution in [0.4, 0.5) is 0 Å². The molecule has 5 nitrogen and oxygen atoms in total. The number of rotatable bonds is 9.